The molecule has 4 rings (SSSR count). The predicted molar refractivity (Wildman–Crippen MR) is 129 cm³/mol. The highest BCUT2D eigenvalue weighted by Crippen LogP contribution is 2.32. The number of rotatable bonds is 7. The Bertz CT molecular complexity index is 921. The fraction of sp³-hybridized carbons (Fsp3) is 0.481. The van der Waals surface area contributed by atoms with E-state index in [2.05, 4.69) is 4.90 Å². The molecule has 1 saturated heterocycles. The van der Waals surface area contributed by atoms with Gasteiger partial charge < -0.3 is 4.90 Å². The predicted octanol–water partition coefficient (Wildman–Crippen LogP) is 5.97. The maximum Gasteiger partial charge on any atom is 0.268 e. The highest BCUT2D eigenvalue weighted by atomic mass is 35.5. The van der Waals surface area contributed by atoms with Gasteiger partial charge in [-0.05, 0) is 107 Å². The summed E-state index contributed by atoms with van der Waals surface area (Å²) < 4.78 is 14.5. The lowest BCUT2D eigenvalue weighted by Crippen LogP contribution is -2.38. The first-order valence-corrected chi connectivity index (χ1v) is 12.4. The molecule has 0 aromatic heterocycles. The smallest absolute Gasteiger partial charge is 0.268 e. The van der Waals surface area contributed by atoms with Crippen molar-refractivity contribution in [3.63, 3.8) is 0 Å². The summed E-state index contributed by atoms with van der Waals surface area (Å²) >= 11 is 6.41. The molecule has 0 N–H and O–H groups in total. The molecule has 0 atom stereocenters. The Morgan fingerprint density at radius 2 is 1.52 bits per heavy atom. The van der Waals surface area contributed by atoms with Crippen molar-refractivity contribution in [1.29, 1.82) is 0 Å². The van der Waals surface area contributed by atoms with E-state index in [1.54, 1.807) is 24.3 Å². The third-order valence-corrected chi connectivity index (χ3v) is 7.72. The number of amides is 1. The minimum atomic E-state index is -0.308. The Morgan fingerprint density at radius 3 is 2.15 bits per heavy atom. The van der Waals surface area contributed by atoms with Crippen LogP contribution in [-0.2, 0) is 0 Å². The van der Waals surface area contributed by atoms with E-state index in [4.69, 9.17) is 11.8 Å². The molecule has 2 aliphatic rings. The number of ketones is 1. The summed E-state index contributed by atoms with van der Waals surface area (Å²) in [4.78, 5) is 27.7. The van der Waals surface area contributed by atoms with Crippen LogP contribution in [0, 0.1) is 17.7 Å². The van der Waals surface area contributed by atoms with Crippen LogP contribution in [0.15, 0.2) is 54.6 Å². The summed E-state index contributed by atoms with van der Waals surface area (Å²) in [5.41, 5.74) is 1.25. The molecule has 1 saturated carbocycles. The van der Waals surface area contributed by atoms with E-state index in [9.17, 15) is 14.0 Å². The first-order valence-electron chi connectivity index (χ1n) is 12.1. The number of piperidine rings is 1. The molecule has 1 aliphatic heterocycles. The first-order chi connectivity index (χ1) is 16.0. The van der Waals surface area contributed by atoms with Gasteiger partial charge in [0.1, 0.15) is 5.82 Å². The summed E-state index contributed by atoms with van der Waals surface area (Å²) in [5.74, 6) is 0.426. The molecule has 2 fully saturated rings. The second kappa shape index (κ2) is 11.3. The second-order valence-electron chi connectivity index (χ2n) is 9.43. The van der Waals surface area contributed by atoms with Crippen molar-refractivity contribution >= 4 is 23.5 Å². The van der Waals surface area contributed by atoms with Gasteiger partial charge in [0, 0.05) is 34.9 Å². The Kier molecular flexibility index (Phi) is 8.15. The van der Waals surface area contributed by atoms with Crippen molar-refractivity contribution in [2.45, 2.75) is 51.0 Å². The molecular formula is C27H32ClFN2O2. The number of carbonyl (C=O) groups excluding carboxylic acids is 2. The van der Waals surface area contributed by atoms with Crippen LogP contribution in [0.25, 0.3) is 0 Å². The van der Waals surface area contributed by atoms with Crippen LogP contribution >= 0.6 is 11.8 Å². The van der Waals surface area contributed by atoms with Crippen LogP contribution in [0.5, 0.6) is 0 Å². The Hall–Kier alpha value is -2.24. The van der Waals surface area contributed by atoms with Crippen molar-refractivity contribution in [1.82, 2.24) is 9.32 Å². The fourth-order valence-electron chi connectivity index (χ4n) is 5.16. The fourth-order valence-corrected chi connectivity index (χ4v) is 5.46. The minimum Gasteiger partial charge on any atom is -0.303 e. The molecule has 4 nitrogen and oxygen atoms in total. The minimum absolute atomic E-state index is 0.0407. The number of hydrogen-bond donors (Lipinski definition) is 0. The van der Waals surface area contributed by atoms with E-state index < -0.39 is 0 Å². The zero-order valence-electron chi connectivity index (χ0n) is 19.0. The van der Waals surface area contributed by atoms with Crippen LogP contribution < -0.4 is 0 Å². The van der Waals surface area contributed by atoms with Crippen LogP contribution in [0.4, 0.5) is 4.39 Å². The second-order valence-corrected chi connectivity index (χ2v) is 9.80. The number of nitrogens with zero attached hydrogens (tertiary/aromatic N) is 2. The van der Waals surface area contributed by atoms with Crippen LogP contribution in [0.3, 0.4) is 0 Å². The maximum atomic E-state index is 13.1. The molecular weight excluding hydrogens is 439 g/mol. The van der Waals surface area contributed by atoms with Gasteiger partial charge in [-0.15, -0.1) is 0 Å². The molecule has 6 heteroatoms. The molecule has 1 aliphatic carbocycles. The van der Waals surface area contributed by atoms with Crippen molar-refractivity contribution in [2.24, 2.45) is 11.8 Å². The van der Waals surface area contributed by atoms with E-state index in [1.807, 2.05) is 18.2 Å². The number of benzene rings is 2. The van der Waals surface area contributed by atoms with Gasteiger partial charge in [0.2, 0.25) is 0 Å². The van der Waals surface area contributed by atoms with Gasteiger partial charge in [0.05, 0.1) is 0 Å². The average Bonchev–Trinajstić information content (AvgIpc) is 2.88. The number of likely N-dealkylation sites (tertiary alicyclic amines) is 1. The molecule has 0 spiro atoms. The largest absolute Gasteiger partial charge is 0.303 e. The molecule has 2 aromatic rings. The molecule has 0 unspecified atom stereocenters. The van der Waals surface area contributed by atoms with Crippen LogP contribution in [0.1, 0.15) is 65.7 Å². The number of hydrogen-bond acceptors (Lipinski definition) is 3. The van der Waals surface area contributed by atoms with E-state index in [0.29, 0.717) is 17.0 Å². The molecule has 176 valence electrons. The van der Waals surface area contributed by atoms with Gasteiger partial charge in [0.25, 0.3) is 5.91 Å². The molecule has 1 heterocycles. The van der Waals surface area contributed by atoms with Crippen LogP contribution in [-0.4, -0.2) is 46.7 Å². The van der Waals surface area contributed by atoms with E-state index in [-0.39, 0.29) is 29.5 Å². The number of Topliss-reactive ketones (excluding diaryl/α,β-unsaturated/α-hetero) is 1. The molecule has 0 radical (unpaired) electrons. The maximum absolute atomic E-state index is 13.1. The van der Waals surface area contributed by atoms with E-state index in [0.717, 1.165) is 64.6 Å². The number of halogens is 2. The summed E-state index contributed by atoms with van der Waals surface area (Å²) in [7, 11) is 0. The zero-order chi connectivity index (χ0) is 23.2. The molecule has 1 amide bonds. The van der Waals surface area contributed by atoms with Crippen LogP contribution in [0.2, 0.25) is 0 Å². The summed E-state index contributed by atoms with van der Waals surface area (Å²) in [6.45, 7) is 2.93. The highest BCUT2D eigenvalue weighted by Gasteiger charge is 2.30. The standard InChI is InChI=1S/C27H32ClFN2O2/c28-31(27(33)23-4-2-1-3-5-23)25-12-6-20(7-13-25)14-17-30-18-15-22(16-19-30)26(32)21-8-10-24(29)11-9-21/h1-5,8-11,20,22,25H,6-7,12-19H2/t20-,25-. The zero-order valence-corrected chi connectivity index (χ0v) is 19.7. The monoisotopic (exact) mass is 470 g/mol. The first kappa shape index (κ1) is 23.9. The lowest BCUT2D eigenvalue weighted by atomic mass is 9.83. The quantitative estimate of drug-likeness (QED) is 0.370. The normalized spacial score (nSPS) is 22.1. The SMILES string of the molecule is O=C(c1ccc(F)cc1)C1CCN(CC[C@H]2CC[C@H](N(Cl)C(=O)c3ccccc3)CC2)CC1. The lowest BCUT2D eigenvalue weighted by molar-refractivity contribution is 0.0779. The van der Waals surface area contributed by atoms with Crippen molar-refractivity contribution in [3.8, 4) is 0 Å². The van der Waals surface area contributed by atoms with Gasteiger partial charge in [-0.1, -0.05) is 18.2 Å². The Labute approximate surface area is 200 Å². The number of carbonyl (C=O) groups is 2. The van der Waals surface area contributed by atoms with Gasteiger partial charge in [-0.3, -0.25) is 9.59 Å². The van der Waals surface area contributed by atoms with E-state index in [1.165, 1.54) is 16.6 Å². The molecule has 2 aromatic carbocycles. The summed E-state index contributed by atoms with van der Waals surface area (Å²) in [6.07, 6.45) is 6.96. The summed E-state index contributed by atoms with van der Waals surface area (Å²) in [5, 5.41) is 0. The van der Waals surface area contributed by atoms with Gasteiger partial charge in [0.15, 0.2) is 5.78 Å². The highest BCUT2D eigenvalue weighted by molar-refractivity contribution is 6.24. The molecule has 0 bridgehead atoms. The third-order valence-electron chi connectivity index (χ3n) is 7.29. The van der Waals surface area contributed by atoms with Crippen molar-refractivity contribution < 1.29 is 14.0 Å². The summed E-state index contributed by atoms with van der Waals surface area (Å²) in [6, 6.07) is 15.2. The third kappa shape index (κ3) is 6.21. The van der Waals surface area contributed by atoms with Gasteiger partial charge in [-0.2, -0.15) is 0 Å². The van der Waals surface area contributed by atoms with E-state index >= 15 is 0 Å². The van der Waals surface area contributed by atoms with Gasteiger partial charge >= 0.3 is 0 Å². The van der Waals surface area contributed by atoms with Crippen molar-refractivity contribution in [3.05, 3.63) is 71.5 Å². The topological polar surface area (TPSA) is 40.6 Å². The lowest BCUT2D eigenvalue weighted by Gasteiger charge is -2.35. The molecule has 33 heavy (non-hydrogen) atoms. The van der Waals surface area contributed by atoms with Gasteiger partial charge in [-0.25, -0.2) is 8.81 Å². The average molecular weight is 471 g/mol. The Balaban J connectivity index is 1.16. The van der Waals surface area contributed by atoms with Crippen molar-refractivity contribution in [2.75, 3.05) is 19.6 Å². The Morgan fingerprint density at radius 1 is 0.879 bits per heavy atom.